The summed E-state index contributed by atoms with van der Waals surface area (Å²) >= 11 is 0. The summed E-state index contributed by atoms with van der Waals surface area (Å²) in [5.74, 6) is 1.79. The van der Waals surface area contributed by atoms with Crippen molar-refractivity contribution in [2.24, 2.45) is 0 Å². The highest BCUT2D eigenvalue weighted by molar-refractivity contribution is 6.04. The van der Waals surface area contributed by atoms with Crippen LogP contribution in [0.3, 0.4) is 0 Å². The van der Waals surface area contributed by atoms with Crippen LogP contribution in [0.25, 0.3) is 32.8 Å². The zero-order chi connectivity index (χ0) is 14.7. The second-order valence-corrected chi connectivity index (χ2v) is 5.82. The summed E-state index contributed by atoms with van der Waals surface area (Å²) in [6.07, 6.45) is 1.88. The van der Waals surface area contributed by atoms with E-state index in [9.17, 15) is 0 Å². The molecular formula is C20H13NO. The van der Waals surface area contributed by atoms with E-state index in [4.69, 9.17) is 4.74 Å². The highest BCUT2D eigenvalue weighted by atomic mass is 16.5. The average Bonchev–Trinajstić information content (AvgIpc) is 2.53. The summed E-state index contributed by atoms with van der Waals surface area (Å²) in [5.41, 5.74) is 3.28. The summed E-state index contributed by atoms with van der Waals surface area (Å²) < 4.78 is 6.20. The van der Waals surface area contributed by atoms with Crippen LogP contribution in [-0.4, -0.2) is 4.98 Å². The highest BCUT2D eigenvalue weighted by Gasteiger charge is 2.21. The molecule has 5 rings (SSSR count). The fraction of sp³-hybridized carbons (Fsp3) is 0.0500. The van der Waals surface area contributed by atoms with Gasteiger partial charge in [0.15, 0.2) is 0 Å². The lowest BCUT2D eigenvalue weighted by molar-refractivity contribution is 0.487. The van der Waals surface area contributed by atoms with Crippen LogP contribution in [0, 0.1) is 6.92 Å². The van der Waals surface area contributed by atoms with Crippen molar-refractivity contribution in [3.8, 4) is 22.8 Å². The quantitative estimate of drug-likeness (QED) is 0.376. The molecule has 104 valence electrons. The van der Waals surface area contributed by atoms with E-state index in [0.29, 0.717) is 0 Å². The predicted octanol–water partition coefficient (Wildman–Crippen LogP) is 5.47. The lowest BCUT2D eigenvalue weighted by Crippen LogP contribution is -1.99. The number of benzene rings is 3. The number of hydrogen-bond donors (Lipinski definition) is 0. The summed E-state index contributed by atoms with van der Waals surface area (Å²) in [6, 6.07) is 18.9. The van der Waals surface area contributed by atoms with Crippen molar-refractivity contribution in [3.05, 3.63) is 66.4 Å². The van der Waals surface area contributed by atoms with Crippen molar-refractivity contribution < 1.29 is 4.74 Å². The fourth-order valence-electron chi connectivity index (χ4n) is 3.31. The first-order valence-corrected chi connectivity index (χ1v) is 7.40. The van der Waals surface area contributed by atoms with Gasteiger partial charge in [0, 0.05) is 11.8 Å². The molecule has 0 aliphatic carbocycles. The maximum Gasteiger partial charge on any atom is 0.137 e. The maximum absolute atomic E-state index is 6.20. The SMILES string of the molecule is Cc1cc2c3c(nccc3c1)-c1cc3ccccc3cc1O2. The Labute approximate surface area is 128 Å². The van der Waals surface area contributed by atoms with Gasteiger partial charge in [0.2, 0.25) is 0 Å². The van der Waals surface area contributed by atoms with E-state index in [1.807, 2.05) is 12.3 Å². The van der Waals surface area contributed by atoms with E-state index in [-0.39, 0.29) is 0 Å². The van der Waals surface area contributed by atoms with Crippen LogP contribution in [0.4, 0.5) is 0 Å². The standard InChI is InChI=1S/C20H13NO/c1-12-8-15-6-7-21-20-16-10-13-4-2-3-5-14(13)11-17(16)22-18(9-12)19(15)20/h2-11H,1H3. The number of nitrogens with zero attached hydrogens (tertiary/aromatic N) is 1. The summed E-state index contributed by atoms with van der Waals surface area (Å²) in [5, 5.41) is 4.68. The van der Waals surface area contributed by atoms with Gasteiger partial charge >= 0.3 is 0 Å². The molecule has 0 amide bonds. The molecule has 4 aromatic rings. The van der Waals surface area contributed by atoms with Gasteiger partial charge in [-0.25, -0.2) is 0 Å². The van der Waals surface area contributed by atoms with Crippen molar-refractivity contribution >= 4 is 21.5 Å². The van der Waals surface area contributed by atoms with Crippen molar-refractivity contribution in [3.63, 3.8) is 0 Å². The number of hydrogen-bond acceptors (Lipinski definition) is 2. The van der Waals surface area contributed by atoms with Gasteiger partial charge in [0.25, 0.3) is 0 Å². The van der Waals surface area contributed by atoms with Gasteiger partial charge in [-0.15, -0.1) is 0 Å². The van der Waals surface area contributed by atoms with Crippen molar-refractivity contribution in [2.45, 2.75) is 6.92 Å². The molecule has 0 N–H and O–H groups in total. The third-order valence-corrected chi connectivity index (χ3v) is 4.29. The smallest absolute Gasteiger partial charge is 0.137 e. The molecule has 0 saturated carbocycles. The zero-order valence-electron chi connectivity index (χ0n) is 12.1. The number of aryl methyl sites for hydroxylation is 1. The molecular weight excluding hydrogens is 270 g/mol. The Morgan fingerprint density at radius 1 is 0.818 bits per heavy atom. The molecule has 0 atom stereocenters. The molecule has 2 heteroatoms. The molecule has 3 aromatic carbocycles. The van der Waals surface area contributed by atoms with Crippen molar-refractivity contribution in [2.75, 3.05) is 0 Å². The average molecular weight is 283 g/mol. The van der Waals surface area contributed by atoms with Crippen molar-refractivity contribution in [1.82, 2.24) is 4.98 Å². The molecule has 1 aliphatic rings. The molecule has 0 fully saturated rings. The van der Waals surface area contributed by atoms with Crippen LogP contribution < -0.4 is 4.74 Å². The number of aromatic nitrogens is 1. The minimum absolute atomic E-state index is 0.886. The Morgan fingerprint density at radius 3 is 2.50 bits per heavy atom. The first kappa shape index (κ1) is 11.8. The normalized spacial score (nSPS) is 12.2. The molecule has 0 saturated heterocycles. The molecule has 2 nitrogen and oxygen atoms in total. The van der Waals surface area contributed by atoms with Crippen LogP contribution in [0.5, 0.6) is 11.5 Å². The third kappa shape index (κ3) is 1.52. The van der Waals surface area contributed by atoms with Gasteiger partial charge in [0.1, 0.15) is 11.5 Å². The molecule has 0 bridgehead atoms. The lowest BCUT2D eigenvalue weighted by atomic mass is 9.96. The molecule has 0 spiro atoms. The predicted molar refractivity (Wildman–Crippen MR) is 89.5 cm³/mol. The zero-order valence-corrected chi connectivity index (χ0v) is 12.1. The Balaban J connectivity index is 1.94. The number of pyridine rings is 1. The minimum Gasteiger partial charge on any atom is -0.456 e. The third-order valence-electron chi connectivity index (χ3n) is 4.29. The first-order chi connectivity index (χ1) is 10.8. The van der Waals surface area contributed by atoms with Gasteiger partial charge in [-0.1, -0.05) is 30.3 Å². The maximum atomic E-state index is 6.20. The van der Waals surface area contributed by atoms with Crippen LogP contribution in [0.1, 0.15) is 5.56 Å². The largest absolute Gasteiger partial charge is 0.456 e. The Bertz CT molecular complexity index is 1070. The van der Waals surface area contributed by atoms with E-state index in [0.717, 1.165) is 28.1 Å². The van der Waals surface area contributed by atoms with Crippen LogP contribution >= 0.6 is 0 Å². The fourth-order valence-corrected chi connectivity index (χ4v) is 3.31. The summed E-state index contributed by atoms with van der Waals surface area (Å²) in [7, 11) is 0. The van der Waals surface area contributed by atoms with Gasteiger partial charge < -0.3 is 4.74 Å². The summed E-state index contributed by atoms with van der Waals surface area (Å²) in [6.45, 7) is 2.09. The summed E-state index contributed by atoms with van der Waals surface area (Å²) in [4.78, 5) is 4.64. The Morgan fingerprint density at radius 2 is 1.64 bits per heavy atom. The molecule has 22 heavy (non-hydrogen) atoms. The van der Waals surface area contributed by atoms with Gasteiger partial charge in [-0.3, -0.25) is 4.98 Å². The highest BCUT2D eigenvalue weighted by Crippen LogP contribution is 2.46. The monoisotopic (exact) mass is 283 g/mol. The van der Waals surface area contributed by atoms with Gasteiger partial charge in [0.05, 0.1) is 11.1 Å². The Kier molecular flexibility index (Phi) is 2.18. The first-order valence-electron chi connectivity index (χ1n) is 7.40. The van der Waals surface area contributed by atoms with E-state index < -0.39 is 0 Å². The number of ether oxygens (including phenoxy) is 1. The number of rotatable bonds is 0. The lowest BCUT2D eigenvalue weighted by Gasteiger charge is -2.21. The van der Waals surface area contributed by atoms with Gasteiger partial charge in [-0.05, 0) is 52.9 Å². The van der Waals surface area contributed by atoms with E-state index in [2.05, 4.69) is 60.4 Å². The van der Waals surface area contributed by atoms with E-state index in [1.165, 1.54) is 21.7 Å². The molecule has 1 aliphatic heterocycles. The topological polar surface area (TPSA) is 22.1 Å². The number of fused-ring (bicyclic) bond motifs is 3. The van der Waals surface area contributed by atoms with Crippen LogP contribution in [-0.2, 0) is 0 Å². The van der Waals surface area contributed by atoms with E-state index >= 15 is 0 Å². The second kappa shape index (κ2) is 4.08. The molecule has 0 unspecified atom stereocenters. The minimum atomic E-state index is 0.886. The van der Waals surface area contributed by atoms with Crippen LogP contribution in [0.15, 0.2) is 60.8 Å². The van der Waals surface area contributed by atoms with Crippen LogP contribution in [0.2, 0.25) is 0 Å². The second-order valence-electron chi connectivity index (χ2n) is 5.82. The molecule has 0 radical (unpaired) electrons. The molecule has 1 aromatic heterocycles. The Hall–Kier alpha value is -2.87. The van der Waals surface area contributed by atoms with E-state index in [1.54, 1.807) is 0 Å². The van der Waals surface area contributed by atoms with Gasteiger partial charge in [-0.2, -0.15) is 0 Å². The van der Waals surface area contributed by atoms with Crippen molar-refractivity contribution in [1.29, 1.82) is 0 Å². The molecule has 2 heterocycles.